The van der Waals surface area contributed by atoms with E-state index in [2.05, 4.69) is 22.3 Å². The Morgan fingerprint density at radius 2 is 1.65 bits per heavy atom. The highest BCUT2D eigenvalue weighted by Crippen LogP contribution is 2.29. The fourth-order valence-corrected chi connectivity index (χ4v) is 3.25. The van der Waals surface area contributed by atoms with Crippen molar-refractivity contribution in [3.8, 4) is 11.1 Å². The number of aldehydes is 1. The van der Waals surface area contributed by atoms with E-state index in [0.717, 1.165) is 41.6 Å². The van der Waals surface area contributed by atoms with Gasteiger partial charge in [-0.15, -0.1) is 0 Å². The van der Waals surface area contributed by atoms with Crippen LogP contribution in [-0.4, -0.2) is 37.4 Å². The van der Waals surface area contributed by atoms with Crippen LogP contribution in [-0.2, 0) is 0 Å². The van der Waals surface area contributed by atoms with E-state index < -0.39 is 0 Å². The Hall–Kier alpha value is -2.13. The summed E-state index contributed by atoms with van der Waals surface area (Å²) in [5.74, 6) is 0. The molecule has 1 fully saturated rings. The normalized spacial score (nSPS) is 14.8. The molecule has 0 aliphatic carbocycles. The summed E-state index contributed by atoms with van der Waals surface area (Å²) in [7, 11) is 0. The van der Waals surface area contributed by atoms with Crippen LogP contribution in [0.1, 0.15) is 29.6 Å². The second-order valence-corrected chi connectivity index (χ2v) is 6.08. The van der Waals surface area contributed by atoms with Crippen molar-refractivity contribution in [2.24, 2.45) is 0 Å². The molecule has 0 aromatic heterocycles. The molecule has 1 N–H and O–H groups in total. The van der Waals surface area contributed by atoms with E-state index in [9.17, 15) is 4.79 Å². The number of carbonyl (C=O) groups is 1. The van der Waals surface area contributed by atoms with E-state index in [1.807, 2.05) is 36.4 Å². The third kappa shape index (κ3) is 3.99. The van der Waals surface area contributed by atoms with Gasteiger partial charge >= 0.3 is 0 Å². The largest absolute Gasteiger partial charge is 0.384 e. The molecule has 1 saturated heterocycles. The number of para-hydroxylation sites is 1. The third-order valence-corrected chi connectivity index (χ3v) is 4.47. The Labute approximate surface area is 138 Å². The van der Waals surface area contributed by atoms with Crippen molar-refractivity contribution in [1.29, 1.82) is 0 Å². The monoisotopic (exact) mass is 308 g/mol. The topological polar surface area (TPSA) is 32.3 Å². The van der Waals surface area contributed by atoms with Gasteiger partial charge in [0.25, 0.3) is 0 Å². The number of nitrogens with zero attached hydrogens (tertiary/aromatic N) is 1. The second-order valence-electron chi connectivity index (χ2n) is 6.08. The van der Waals surface area contributed by atoms with Gasteiger partial charge in [-0.1, -0.05) is 42.5 Å². The van der Waals surface area contributed by atoms with Crippen molar-refractivity contribution >= 4 is 12.0 Å². The lowest BCUT2D eigenvalue weighted by molar-refractivity contribution is 0.112. The van der Waals surface area contributed by atoms with Crippen LogP contribution in [0.5, 0.6) is 0 Å². The third-order valence-electron chi connectivity index (χ3n) is 4.47. The summed E-state index contributed by atoms with van der Waals surface area (Å²) in [5, 5.41) is 3.54. The maximum atomic E-state index is 11.3. The number of nitrogens with one attached hydrogen (secondary N) is 1. The first kappa shape index (κ1) is 15.8. The summed E-state index contributed by atoms with van der Waals surface area (Å²) in [4.78, 5) is 13.8. The average molecular weight is 308 g/mol. The minimum atomic E-state index is 0.735. The molecule has 3 rings (SSSR count). The molecule has 120 valence electrons. The molecule has 3 heteroatoms. The number of hydrogen-bond donors (Lipinski definition) is 1. The Kier molecular flexibility index (Phi) is 5.43. The van der Waals surface area contributed by atoms with Crippen molar-refractivity contribution in [3.05, 3.63) is 54.1 Å². The highest BCUT2D eigenvalue weighted by molar-refractivity contribution is 5.91. The standard InChI is InChI=1S/C20H24N2O/c23-16-17-8-1-2-9-18(17)19-10-3-4-11-20(19)21-12-7-15-22-13-5-6-14-22/h1-4,8-11,16,21H,5-7,12-15H2. The number of hydrogen-bond acceptors (Lipinski definition) is 3. The molecular formula is C20H24N2O. The molecule has 1 aliphatic heterocycles. The van der Waals surface area contributed by atoms with Crippen LogP contribution in [0.4, 0.5) is 5.69 Å². The number of likely N-dealkylation sites (tertiary alicyclic amines) is 1. The van der Waals surface area contributed by atoms with Gasteiger partial charge in [0.05, 0.1) is 0 Å². The number of benzene rings is 2. The van der Waals surface area contributed by atoms with E-state index >= 15 is 0 Å². The molecule has 0 amide bonds. The van der Waals surface area contributed by atoms with E-state index in [0.29, 0.717) is 0 Å². The predicted molar refractivity (Wildman–Crippen MR) is 96.0 cm³/mol. The average Bonchev–Trinajstić information content (AvgIpc) is 3.12. The Morgan fingerprint density at radius 3 is 2.43 bits per heavy atom. The van der Waals surface area contributed by atoms with Gasteiger partial charge in [-0.3, -0.25) is 4.79 Å². The zero-order valence-corrected chi connectivity index (χ0v) is 13.5. The van der Waals surface area contributed by atoms with Crippen molar-refractivity contribution in [3.63, 3.8) is 0 Å². The van der Waals surface area contributed by atoms with Crippen molar-refractivity contribution in [2.75, 3.05) is 31.5 Å². The highest BCUT2D eigenvalue weighted by Gasteiger charge is 2.11. The molecule has 2 aromatic rings. The fraction of sp³-hybridized carbons (Fsp3) is 0.350. The molecule has 1 aliphatic rings. The molecule has 3 nitrogen and oxygen atoms in total. The van der Waals surface area contributed by atoms with E-state index in [4.69, 9.17) is 0 Å². The first-order valence-electron chi connectivity index (χ1n) is 8.48. The molecule has 0 spiro atoms. The van der Waals surface area contributed by atoms with Crippen LogP contribution in [0.15, 0.2) is 48.5 Å². The van der Waals surface area contributed by atoms with Gasteiger partial charge in [0, 0.05) is 23.4 Å². The number of anilines is 1. The predicted octanol–water partition coefficient (Wildman–Crippen LogP) is 4.06. The Morgan fingerprint density at radius 1 is 0.957 bits per heavy atom. The van der Waals surface area contributed by atoms with E-state index in [1.54, 1.807) is 0 Å². The maximum Gasteiger partial charge on any atom is 0.150 e. The molecule has 0 atom stereocenters. The summed E-state index contributed by atoms with van der Waals surface area (Å²) >= 11 is 0. The molecule has 0 bridgehead atoms. The summed E-state index contributed by atoms with van der Waals surface area (Å²) in [5.41, 5.74) is 3.92. The summed E-state index contributed by atoms with van der Waals surface area (Å²) in [6.07, 6.45) is 4.76. The SMILES string of the molecule is O=Cc1ccccc1-c1ccccc1NCCCN1CCCC1. The Bertz CT molecular complexity index is 648. The Balaban J connectivity index is 1.67. The zero-order chi connectivity index (χ0) is 15.9. The van der Waals surface area contributed by atoms with Crippen LogP contribution >= 0.6 is 0 Å². The minimum Gasteiger partial charge on any atom is -0.384 e. The highest BCUT2D eigenvalue weighted by atomic mass is 16.1. The first-order valence-corrected chi connectivity index (χ1v) is 8.48. The first-order chi connectivity index (χ1) is 11.4. The molecule has 0 unspecified atom stereocenters. The lowest BCUT2D eigenvalue weighted by Crippen LogP contribution is -2.22. The number of rotatable bonds is 7. The van der Waals surface area contributed by atoms with E-state index in [-0.39, 0.29) is 0 Å². The van der Waals surface area contributed by atoms with Gasteiger partial charge < -0.3 is 10.2 Å². The van der Waals surface area contributed by atoms with E-state index in [1.165, 1.54) is 32.5 Å². The quantitative estimate of drug-likeness (QED) is 0.618. The van der Waals surface area contributed by atoms with Crippen LogP contribution in [0, 0.1) is 0 Å². The van der Waals surface area contributed by atoms with Gasteiger partial charge in [-0.2, -0.15) is 0 Å². The van der Waals surface area contributed by atoms with Crippen LogP contribution < -0.4 is 5.32 Å². The van der Waals surface area contributed by atoms with Crippen LogP contribution in [0.2, 0.25) is 0 Å². The maximum absolute atomic E-state index is 11.3. The van der Waals surface area contributed by atoms with Gasteiger partial charge in [-0.25, -0.2) is 0 Å². The van der Waals surface area contributed by atoms with Crippen molar-refractivity contribution in [2.45, 2.75) is 19.3 Å². The molecule has 0 saturated carbocycles. The van der Waals surface area contributed by atoms with Crippen LogP contribution in [0.3, 0.4) is 0 Å². The molecular weight excluding hydrogens is 284 g/mol. The van der Waals surface area contributed by atoms with Crippen LogP contribution in [0.25, 0.3) is 11.1 Å². The minimum absolute atomic E-state index is 0.735. The fourth-order valence-electron chi connectivity index (χ4n) is 3.25. The smallest absolute Gasteiger partial charge is 0.150 e. The second kappa shape index (κ2) is 7.93. The lowest BCUT2D eigenvalue weighted by atomic mass is 9.99. The number of carbonyl (C=O) groups excluding carboxylic acids is 1. The summed E-state index contributed by atoms with van der Waals surface area (Å²) < 4.78 is 0. The lowest BCUT2D eigenvalue weighted by Gasteiger charge is -2.16. The van der Waals surface area contributed by atoms with Crippen molar-refractivity contribution < 1.29 is 4.79 Å². The zero-order valence-electron chi connectivity index (χ0n) is 13.5. The summed E-state index contributed by atoms with van der Waals surface area (Å²) in [6.45, 7) is 4.63. The van der Waals surface area contributed by atoms with Gasteiger partial charge in [0.1, 0.15) is 0 Å². The van der Waals surface area contributed by atoms with Crippen molar-refractivity contribution in [1.82, 2.24) is 4.90 Å². The summed E-state index contributed by atoms with van der Waals surface area (Å²) in [6, 6.07) is 16.0. The molecule has 0 radical (unpaired) electrons. The molecule has 2 aromatic carbocycles. The van der Waals surface area contributed by atoms with Gasteiger partial charge in [0.15, 0.2) is 6.29 Å². The van der Waals surface area contributed by atoms with Gasteiger partial charge in [0.2, 0.25) is 0 Å². The van der Waals surface area contributed by atoms with Gasteiger partial charge in [-0.05, 0) is 50.5 Å². The molecule has 1 heterocycles. The molecule has 23 heavy (non-hydrogen) atoms.